The molecule has 3 heterocycles. The van der Waals surface area contributed by atoms with Gasteiger partial charge in [0.15, 0.2) is 6.23 Å². The summed E-state index contributed by atoms with van der Waals surface area (Å²) in [5, 5.41) is 0. The second-order valence-electron chi connectivity index (χ2n) is 9.47. The first kappa shape index (κ1) is 24.0. The van der Waals surface area contributed by atoms with Crippen molar-refractivity contribution in [2.24, 2.45) is 0 Å². The fourth-order valence-corrected chi connectivity index (χ4v) is 5.42. The van der Waals surface area contributed by atoms with Gasteiger partial charge in [-0.05, 0) is 38.3 Å². The van der Waals surface area contributed by atoms with Crippen LogP contribution in [0.4, 0.5) is 4.79 Å². The molecule has 0 saturated carbocycles. The van der Waals surface area contributed by atoms with E-state index in [0.29, 0.717) is 6.42 Å². The van der Waals surface area contributed by atoms with Gasteiger partial charge in [0.2, 0.25) is 0 Å². The molecule has 33 heavy (non-hydrogen) atoms. The third kappa shape index (κ3) is 6.05. The van der Waals surface area contributed by atoms with Crippen LogP contribution >= 0.6 is 0 Å². The Bertz CT molecular complexity index is 776. The van der Waals surface area contributed by atoms with Gasteiger partial charge >= 0.3 is 12.1 Å². The van der Waals surface area contributed by atoms with Crippen molar-refractivity contribution >= 4 is 12.1 Å². The molecule has 0 aliphatic carbocycles. The number of benzene rings is 1. The molecule has 3 fully saturated rings. The SMILES string of the molecule is COC(=O)CCCN1CCN(C2OC(=O)N(C3CCN(Cc4ccccc4)CC3)C2C)CC1. The van der Waals surface area contributed by atoms with E-state index in [4.69, 9.17) is 9.47 Å². The third-order valence-corrected chi connectivity index (χ3v) is 7.33. The number of nitrogens with zero attached hydrogens (tertiary/aromatic N) is 4. The molecular weight excluding hydrogens is 420 g/mol. The van der Waals surface area contributed by atoms with Crippen LogP contribution in [0.15, 0.2) is 30.3 Å². The van der Waals surface area contributed by atoms with Gasteiger partial charge in [0.05, 0.1) is 13.2 Å². The van der Waals surface area contributed by atoms with Crippen molar-refractivity contribution in [1.29, 1.82) is 0 Å². The van der Waals surface area contributed by atoms with Gasteiger partial charge in [0.25, 0.3) is 0 Å². The number of hydrogen-bond donors (Lipinski definition) is 0. The summed E-state index contributed by atoms with van der Waals surface area (Å²) < 4.78 is 10.6. The zero-order valence-electron chi connectivity index (χ0n) is 20.0. The van der Waals surface area contributed by atoms with Gasteiger partial charge in [-0.1, -0.05) is 30.3 Å². The van der Waals surface area contributed by atoms with E-state index in [1.165, 1.54) is 12.7 Å². The van der Waals surface area contributed by atoms with Gasteiger partial charge in [-0.25, -0.2) is 4.79 Å². The lowest BCUT2D eigenvalue weighted by atomic mass is 10.0. The number of rotatable bonds is 8. The molecule has 1 amide bonds. The van der Waals surface area contributed by atoms with Crippen molar-refractivity contribution in [3.8, 4) is 0 Å². The molecule has 0 spiro atoms. The monoisotopic (exact) mass is 458 g/mol. The standard InChI is InChI=1S/C25H38N4O4/c1-20-24(28-17-15-26(16-18-28)12-6-9-23(30)32-2)33-25(31)29(20)22-10-13-27(14-11-22)19-21-7-4-3-5-8-21/h3-5,7-8,20,22,24H,6,9-19H2,1-2H3. The highest BCUT2D eigenvalue weighted by Gasteiger charge is 2.46. The molecule has 4 rings (SSSR count). The first-order valence-corrected chi connectivity index (χ1v) is 12.3. The van der Waals surface area contributed by atoms with E-state index >= 15 is 0 Å². The number of amides is 1. The fraction of sp³-hybridized carbons (Fsp3) is 0.680. The van der Waals surface area contributed by atoms with E-state index in [1.807, 2.05) is 4.90 Å². The molecule has 1 aromatic rings. The number of piperazine rings is 1. The topological polar surface area (TPSA) is 65.6 Å². The van der Waals surface area contributed by atoms with E-state index in [0.717, 1.165) is 71.6 Å². The molecule has 2 unspecified atom stereocenters. The summed E-state index contributed by atoms with van der Waals surface area (Å²) in [5.41, 5.74) is 1.34. The molecule has 182 valence electrons. The molecule has 0 N–H and O–H groups in total. The van der Waals surface area contributed by atoms with E-state index < -0.39 is 0 Å². The summed E-state index contributed by atoms with van der Waals surface area (Å²) in [5.74, 6) is -0.147. The van der Waals surface area contributed by atoms with Crippen LogP contribution in [0.5, 0.6) is 0 Å². The minimum absolute atomic E-state index is 0.0639. The van der Waals surface area contributed by atoms with Crippen LogP contribution in [-0.4, -0.2) is 103 Å². The number of carbonyl (C=O) groups is 2. The van der Waals surface area contributed by atoms with Crippen molar-refractivity contribution in [2.45, 2.75) is 57.5 Å². The van der Waals surface area contributed by atoms with Crippen molar-refractivity contribution in [3.63, 3.8) is 0 Å². The van der Waals surface area contributed by atoms with Gasteiger partial charge in [0, 0.05) is 58.3 Å². The number of cyclic esters (lactones) is 1. The van der Waals surface area contributed by atoms with Crippen molar-refractivity contribution < 1.29 is 19.1 Å². The van der Waals surface area contributed by atoms with Crippen LogP contribution < -0.4 is 0 Å². The maximum Gasteiger partial charge on any atom is 0.412 e. The third-order valence-electron chi connectivity index (χ3n) is 7.33. The van der Waals surface area contributed by atoms with Gasteiger partial charge in [-0.2, -0.15) is 0 Å². The number of piperidine rings is 1. The Morgan fingerprint density at radius 1 is 1.03 bits per heavy atom. The maximum absolute atomic E-state index is 12.8. The number of methoxy groups -OCH3 is 1. The average molecular weight is 459 g/mol. The highest BCUT2D eigenvalue weighted by molar-refractivity contribution is 5.71. The van der Waals surface area contributed by atoms with Gasteiger partial charge < -0.3 is 14.4 Å². The average Bonchev–Trinajstić information content (AvgIpc) is 3.14. The van der Waals surface area contributed by atoms with Gasteiger partial charge in [-0.15, -0.1) is 0 Å². The van der Waals surface area contributed by atoms with Crippen molar-refractivity contribution in [1.82, 2.24) is 19.6 Å². The molecule has 0 radical (unpaired) electrons. The predicted octanol–water partition coefficient (Wildman–Crippen LogP) is 2.39. The molecule has 0 aromatic heterocycles. The molecule has 1 aromatic carbocycles. The summed E-state index contributed by atoms with van der Waals surface area (Å²) in [4.78, 5) is 33.3. The zero-order valence-corrected chi connectivity index (χ0v) is 20.0. The van der Waals surface area contributed by atoms with Crippen molar-refractivity contribution in [3.05, 3.63) is 35.9 Å². The molecule has 8 nitrogen and oxygen atoms in total. The number of likely N-dealkylation sites (tertiary alicyclic amines) is 1. The maximum atomic E-state index is 12.8. The highest BCUT2D eigenvalue weighted by Crippen LogP contribution is 2.30. The van der Waals surface area contributed by atoms with E-state index in [2.05, 4.69) is 52.0 Å². The Morgan fingerprint density at radius 2 is 1.73 bits per heavy atom. The number of ether oxygens (including phenoxy) is 2. The van der Waals surface area contributed by atoms with Gasteiger partial charge in [-0.3, -0.25) is 19.5 Å². The lowest BCUT2D eigenvalue weighted by Crippen LogP contribution is -2.55. The Hall–Kier alpha value is -2.16. The van der Waals surface area contributed by atoms with E-state index in [9.17, 15) is 9.59 Å². The fourth-order valence-electron chi connectivity index (χ4n) is 5.42. The largest absolute Gasteiger partial charge is 0.469 e. The minimum atomic E-state index is -0.169. The first-order valence-electron chi connectivity index (χ1n) is 12.3. The van der Waals surface area contributed by atoms with Crippen LogP contribution in [-0.2, 0) is 20.8 Å². The molecular formula is C25H38N4O4. The summed E-state index contributed by atoms with van der Waals surface area (Å²) in [7, 11) is 1.43. The van der Waals surface area contributed by atoms with E-state index in [1.54, 1.807) is 0 Å². The smallest absolute Gasteiger partial charge is 0.412 e. The highest BCUT2D eigenvalue weighted by atomic mass is 16.6. The second kappa shape index (κ2) is 11.3. The normalized spacial score (nSPS) is 25.9. The first-order chi connectivity index (χ1) is 16.0. The summed E-state index contributed by atoms with van der Waals surface area (Å²) in [6.07, 6.45) is 2.94. The Balaban J connectivity index is 1.22. The summed E-state index contributed by atoms with van der Waals surface area (Å²) >= 11 is 0. The predicted molar refractivity (Wildman–Crippen MR) is 126 cm³/mol. The van der Waals surface area contributed by atoms with Gasteiger partial charge in [0.1, 0.15) is 0 Å². The lowest BCUT2D eigenvalue weighted by Gasteiger charge is -2.40. The van der Waals surface area contributed by atoms with Crippen LogP contribution in [0.25, 0.3) is 0 Å². The van der Waals surface area contributed by atoms with Crippen LogP contribution in [0.1, 0.15) is 38.2 Å². The molecule has 0 bridgehead atoms. The lowest BCUT2D eigenvalue weighted by molar-refractivity contribution is -0.140. The Kier molecular flexibility index (Phi) is 8.22. The Morgan fingerprint density at radius 3 is 2.39 bits per heavy atom. The quantitative estimate of drug-likeness (QED) is 0.554. The number of esters is 1. The second-order valence-corrected chi connectivity index (χ2v) is 9.47. The molecule has 3 saturated heterocycles. The van der Waals surface area contributed by atoms with Crippen LogP contribution in [0, 0.1) is 0 Å². The number of hydrogen-bond acceptors (Lipinski definition) is 7. The Labute approximate surface area is 197 Å². The van der Waals surface area contributed by atoms with E-state index in [-0.39, 0.29) is 30.4 Å². The molecule has 3 aliphatic rings. The molecule has 3 aliphatic heterocycles. The van der Waals surface area contributed by atoms with Crippen molar-refractivity contribution in [2.75, 3.05) is 52.9 Å². The molecule has 2 atom stereocenters. The molecule has 8 heteroatoms. The zero-order chi connectivity index (χ0) is 23.2. The summed E-state index contributed by atoms with van der Waals surface area (Å²) in [6, 6.07) is 10.9. The minimum Gasteiger partial charge on any atom is -0.469 e. The van der Waals surface area contributed by atoms with Crippen LogP contribution in [0.3, 0.4) is 0 Å². The van der Waals surface area contributed by atoms with Crippen LogP contribution in [0.2, 0.25) is 0 Å². The number of carbonyl (C=O) groups excluding carboxylic acids is 2. The summed E-state index contributed by atoms with van der Waals surface area (Å²) in [6.45, 7) is 9.63.